The fourth-order valence-corrected chi connectivity index (χ4v) is 2.55. The van der Waals surface area contributed by atoms with Crippen LogP contribution in [0.1, 0.15) is 26.7 Å². The summed E-state index contributed by atoms with van der Waals surface area (Å²) in [7, 11) is 2.10. The maximum Gasteiger partial charge on any atom is 0.317 e. The van der Waals surface area contributed by atoms with Gasteiger partial charge in [-0.1, -0.05) is 6.92 Å². The molecule has 1 aliphatic rings. The summed E-state index contributed by atoms with van der Waals surface area (Å²) in [4.78, 5) is 26.8. The molecule has 2 N–H and O–H groups in total. The normalized spacial score (nSPS) is 21.2. The average Bonchev–Trinajstić information content (AvgIpc) is 2.41. The van der Waals surface area contributed by atoms with E-state index in [0.717, 1.165) is 19.5 Å². The Balaban J connectivity index is 2.37. The molecule has 0 aromatic heterocycles. The predicted molar refractivity (Wildman–Crippen MR) is 77.7 cm³/mol. The zero-order chi connectivity index (χ0) is 15.1. The van der Waals surface area contributed by atoms with Gasteiger partial charge in [-0.25, -0.2) is 4.79 Å². The van der Waals surface area contributed by atoms with Gasteiger partial charge in [0.05, 0.1) is 5.92 Å². The van der Waals surface area contributed by atoms with E-state index in [1.165, 1.54) is 6.42 Å². The topological polar surface area (TPSA) is 72.9 Å². The minimum absolute atomic E-state index is 0.158. The van der Waals surface area contributed by atoms with Crippen molar-refractivity contribution >= 4 is 12.0 Å². The number of carbonyl (C=O) groups excluding carboxylic acids is 1. The Morgan fingerprint density at radius 1 is 1.50 bits per heavy atom. The lowest BCUT2D eigenvalue weighted by Crippen LogP contribution is -2.46. The van der Waals surface area contributed by atoms with Gasteiger partial charge in [0.15, 0.2) is 0 Å². The highest BCUT2D eigenvalue weighted by Crippen LogP contribution is 2.14. The molecular formula is C14H27N3O3. The predicted octanol–water partition coefficient (Wildman–Crippen LogP) is 1.08. The summed E-state index contributed by atoms with van der Waals surface area (Å²) in [5.74, 6) is -0.917. The number of likely N-dealkylation sites (tertiary alicyclic amines) is 1. The standard InChI is InChI=1S/C14H27N3O3/c1-4-17(9-11(2)13(18)19)14(20)15-8-12-6-5-7-16(3)10-12/h11-12H,4-10H2,1-3H3,(H,15,20)(H,18,19). The smallest absolute Gasteiger partial charge is 0.317 e. The van der Waals surface area contributed by atoms with Gasteiger partial charge in [-0.15, -0.1) is 0 Å². The Morgan fingerprint density at radius 3 is 2.75 bits per heavy atom. The molecule has 6 heteroatoms. The molecule has 116 valence electrons. The Morgan fingerprint density at radius 2 is 2.20 bits per heavy atom. The van der Waals surface area contributed by atoms with Crippen LogP contribution in [0.2, 0.25) is 0 Å². The molecule has 1 aliphatic heterocycles. The Bertz CT molecular complexity index is 336. The number of carboxylic acids is 1. The molecule has 0 aromatic rings. The third kappa shape index (κ3) is 5.36. The van der Waals surface area contributed by atoms with Crippen molar-refractivity contribution in [2.45, 2.75) is 26.7 Å². The molecule has 2 atom stereocenters. The number of urea groups is 1. The molecule has 0 radical (unpaired) electrons. The number of aliphatic carboxylic acids is 1. The highest BCUT2D eigenvalue weighted by molar-refractivity contribution is 5.75. The van der Waals surface area contributed by atoms with Crippen molar-refractivity contribution in [3.8, 4) is 0 Å². The monoisotopic (exact) mass is 285 g/mol. The van der Waals surface area contributed by atoms with Gasteiger partial charge in [-0.05, 0) is 39.3 Å². The molecule has 2 amide bonds. The van der Waals surface area contributed by atoms with Crippen molar-refractivity contribution in [1.82, 2.24) is 15.1 Å². The molecular weight excluding hydrogens is 258 g/mol. The zero-order valence-electron chi connectivity index (χ0n) is 12.8. The lowest BCUT2D eigenvalue weighted by Gasteiger charge is -2.30. The molecule has 0 aromatic carbocycles. The summed E-state index contributed by atoms with van der Waals surface area (Å²) in [6.07, 6.45) is 2.31. The molecule has 1 saturated heterocycles. The first-order chi connectivity index (χ1) is 9.43. The van der Waals surface area contributed by atoms with Crippen LogP contribution in [0.5, 0.6) is 0 Å². The van der Waals surface area contributed by atoms with Crippen molar-refractivity contribution in [2.24, 2.45) is 11.8 Å². The minimum Gasteiger partial charge on any atom is -0.481 e. The first-order valence-corrected chi connectivity index (χ1v) is 7.38. The molecule has 2 unspecified atom stereocenters. The van der Waals surface area contributed by atoms with Gasteiger partial charge in [0, 0.05) is 26.2 Å². The molecule has 0 spiro atoms. The van der Waals surface area contributed by atoms with Crippen LogP contribution in [0, 0.1) is 11.8 Å². The molecule has 1 fully saturated rings. The summed E-state index contributed by atoms with van der Waals surface area (Å²) in [5.41, 5.74) is 0. The molecule has 0 bridgehead atoms. The highest BCUT2D eigenvalue weighted by atomic mass is 16.4. The minimum atomic E-state index is -0.870. The second kappa shape index (κ2) is 8.09. The van der Waals surface area contributed by atoms with Crippen molar-refractivity contribution in [3.05, 3.63) is 0 Å². The Kier molecular flexibility index (Phi) is 6.78. The van der Waals surface area contributed by atoms with E-state index in [1.807, 2.05) is 6.92 Å². The Hall–Kier alpha value is -1.30. The molecule has 0 aliphatic carbocycles. The molecule has 20 heavy (non-hydrogen) atoms. The van der Waals surface area contributed by atoms with E-state index in [2.05, 4.69) is 17.3 Å². The summed E-state index contributed by atoms with van der Waals surface area (Å²) in [5, 5.41) is 11.8. The van der Waals surface area contributed by atoms with Crippen LogP contribution in [-0.4, -0.2) is 66.7 Å². The zero-order valence-corrected chi connectivity index (χ0v) is 12.8. The van der Waals surface area contributed by atoms with Gasteiger partial charge >= 0.3 is 12.0 Å². The average molecular weight is 285 g/mol. The molecule has 1 heterocycles. The molecule has 6 nitrogen and oxygen atoms in total. The van der Waals surface area contributed by atoms with E-state index in [4.69, 9.17) is 5.11 Å². The van der Waals surface area contributed by atoms with E-state index in [9.17, 15) is 9.59 Å². The third-order valence-corrected chi connectivity index (χ3v) is 3.85. The van der Waals surface area contributed by atoms with Crippen molar-refractivity contribution in [2.75, 3.05) is 39.8 Å². The van der Waals surface area contributed by atoms with E-state index < -0.39 is 11.9 Å². The van der Waals surface area contributed by atoms with Crippen LogP contribution in [0.4, 0.5) is 4.79 Å². The Labute approximate surface area is 121 Å². The number of piperidine rings is 1. The maximum absolute atomic E-state index is 12.1. The van der Waals surface area contributed by atoms with Crippen LogP contribution in [0.3, 0.4) is 0 Å². The van der Waals surface area contributed by atoms with E-state index in [-0.39, 0.29) is 12.6 Å². The highest BCUT2D eigenvalue weighted by Gasteiger charge is 2.21. The fourth-order valence-electron chi connectivity index (χ4n) is 2.55. The number of nitrogens with zero attached hydrogens (tertiary/aromatic N) is 2. The van der Waals surface area contributed by atoms with Gasteiger partial charge < -0.3 is 20.2 Å². The van der Waals surface area contributed by atoms with Crippen molar-refractivity contribution in [1.29, 1.82) is 0 Å². The first-order valence-electron chi connectivity index (χ1n) is 7.38. The number of hydrogen-bond donors (Lipinski definition) is 2. The van der Waals surface area contributed by atoms with Gasteiger partial charge in [0.2, 0.25) is 0 Å². The number of nitrogens with one attached hydrogen (secondary N) is 1. The lowest BCUT2D eigenvalue weighted by atomic mass is 9.98. The summed E-state index contributed by atoms with van der Waals surface area (Å²) in [6.45, 7) is 7.06. The van der Waals surface area contributed by atoms with E-state index >= 15 is 0 Å². The SMILES string of the molecule is CCN(CC(C)C(=O)O)C(=O)NCC1CCCN(C)C1. The molecule has 0 saturated carbocycles. The van der Waals surface area contributed by atoms with Gasteiger partial charge in [-0.2, -0.15) is 0 Å². The van der Waals surface area contributed by atoms with Crippen LogP contribution in [-0.2, 0) is 4.79 Å². The fraction of sp³-hybridized carbons (Fsp3) is 0.857. The van der Waals surface area contributed by atoms with E-state index in [0.29, 0.717) is 19.0 Å². The summed E-state index contributed by atoms with van der Waals surface area (Å²) >= 11 is 0. The quantitative estimate of drug-likeness (QED) is 0.766. The van der Waals surface area contributed by atoms with Gasteiger partial charge in [-0.3, -0.25) is 4.79 Å². The number of carboxylic acid groups (broad SMARTS) is 1. The van der Waals surface area contributed by atoms with Gasteiger partial charge in [0.25, 0.3) is 0 Å². The number of rotatable bonds is 6. The number of amides is 2. The van der Waals surface area contributed by atoms with Crippen LogP contribution >= 0.6 is 0 Å². The largest absolute Gasteiger partial charge is 0.481 e. The maximum atomic E-state index is 12.1. The van der Waals surface area contributed by atoms with Crippen LogP contribution in [0.15, 0.2) is 0 Å². The molecule has 1 rings (SSSR count). The van der Waals surface area contributed by atoms with Crippen LogP contribution in [0.25, 0.3) is 0 Å². The van der Waals surface area contributed by atoms with Crippen LogP contribution < -0.4 is 5.32 Å². The first kappa shape index (κ1) is 16.8. The van der Waals surface area contributed by atoms with Crippen molar-refractivity contribution < 1.29 is 14.7 Å². The lowest BCUT2D eigenvalue weighted by molar-refractivity contribution is -0.141. The second-order valence-electron chi connectivity index (χ2n) is 5.73. The summed E-state index contributed by atoms with van der Waals surface area (Å²) < 4.78 is 0. The van der Waals surface area contributed by atoms with Gasteiger partial charge in [0.1, 0.15) is 0 Å². The van der Waals surface area contributed by atoms with Crippen molar-refractivity contribution in [3.63, 3.8) is 0 Å². The number of carbonyl (C=O) groups is 2. The third-order valence-electron chi connectivity index (χ3n) is 3.85. The summed E-state index contributed by atoms with van der Waals surface area (Å²) in [6, 6.07) is -0.158. The van der Waals surface area contributed by atoms with E-state index in [1.54, 1.807) is 11.8 Å². The second-order valence-corrected chi connectivity index (χ2v) is 5.73. The number of hydrogen-bond acceptors (Lipinski definition) is 3.